The van der Waals surface area contributed by atoms with Crippen LogP contribution in [0.5, 0.6) is 0 Å². The number of rotatable bonds is 7. The Labute approximate surface area is 163 Å². The average Bonchev–Trinajstić information content (AvgIpc) is 2.63. The maximum Gasteiger partial charge on any atom is 0.221 e. The van der Waals surface area contributed by atoms with E-state index in [2.05, 4.69) is 41.6 Å². The topological polar surface area (TPSA) is 68.8 Å². The van der Waals surface area contributed by atoms with Crippen LogP contribution in [0.4, 0.5) is 5.69 Å². The SMILES string of the molecule is CCNC(=NCCc1ccc(NC(C)=O)cc1)NC1CCN(C(C)C)CC1. The van der Waals surface area contributed by atoms with Crippen LogP contribution in [0.3, 0.4) is 0 Å². The molecular weight excluding hydrogens is 338 g/mol. The molecule has 6 nitrogen and oxygen atoms in total. The Hall–Kier alpha value is -2.08. The minimum absolute atomic E-state index is 0.0482. The van der Waals surface area contributed by atoms with Crippen molar-refractivity contribution in [3.63, 3.8) is 0 Å². The number of anilines is 1. The molecule has 0 radical (unpaired) electrons. The first kappa shape index (κ1) is 21.2. The van der Waals surface area contributed by atoms with Gasteiger partial charge in [-0.15, -0.1) is 0 Å². The summed E-state index contributed by atoms with van der Waals surface area (Å²) in [5, 5.41) is 9.75. The molecule has 2 rings (SSSR count). The fraction of sp³-hybridized carbons (Fsp3) is 0.619. The van der Waals surface area contributed by atoms with Gasteiger partial charge < -0.3 is 20.9 Å². The smallest absolute Gasteiger partial charge is 0.221 e. The number of benzene rings is 1. The van der Waals surface area contributed by atoms with Crippen LogP contribution in [0, 0.1) is 0 Å². The summed E-state index contributed by atoms with van der Waals surface area (Å²) in [6.45, 7) is 12.0. The molecule has 1 aliphatic rings. The monoisotopic (exact) mass is 373 g/mol. The van der Waals surface area contributed by atoms with Crippen LogP contribution in [-0.2, 0) is 11.2 Å². The molecule has 0 unspecified atom stereocenters. The lowest BCUT2D eigenvalue weighted by Gasteiger charge is -2.35. The zero-order valence-corrected chi connectivity index (χ0v) is 17.2. The normalized spacial score (nSPS) is 16.4. The molecule has 1 heterocycles. The third-order valence-corrected chi connectivity index (χ3v) is 4.89. The third-order valence-electron chi connectivity index (χ3n) is 4.89. The van der Waals surface area contributed by atoms with Gasteiger partial charge in [0.25, 0.3) is 0 Å². The molecule has 0 spiro atoms. The van der Waals surface area contributed by atoms with Gasteiger partial charge in [0, 0.05) is 50.9 Å². The van der Waals surface area contributed by atoms with Gasteiger partial charge in [-0.2, -0.15) is 0 Å². The van der Waals surface area contributed by atoms with Gasteiger partial charge in [-0.05, 0) is 57.7 Å². The second-order valence-corrected chi connectivity index (χ2v) is 7.44. The number of amides is 1. The largest absolute Gasteiger partial charge is 0.357 e. The number of aliphatic imine (C=N–C) groups is 1. The Morgan fingerprint density at radius 1 is 1.22 bits per heavy atom. The van der Waals surface area contributed by atoms with Crippen LogP contribution in [0.25, 0.3) is 0 Å². The minimum Gasteiger partial charge on any atom is -0.357 e. The number of hydrogen-bond donors (Lipinski definition) is 3. The average molecular weight is 374 g/mol. The Kier molecular flexibility index (Phi) is 8.58. The lowest BCUT2D eigenvalue weighted by Crippen LogP contribution is -2.49. The number of carbonyl (C=O) groups excluding carboxylic acids is 1. The van der Waals surface area contributed by atoms with Gasteiger partial charge in [-0.3, -0.25) is 9.79 Å². The Bertz CT molecular complexity index is 604. The minimum atomic E-state index is -0.0482. The number of carbonyl (C=O) groups is 1. The fourth-order valence-corrected chi connectivity index (χ4v) is 3.33. The van der Waals surface area contributed by atoms with Crippen molar-refractivity contribution in [2.45, 2.75) is 59.0 Å². The molecule has 0 bridgehead atoms. The van der Waals surface area contributed by atoms with Crippen LogP contribution in [0.2, 0.25) is 0 Å². The van der Waals surface area contributed by atoms with E-state index in [0.29, 0.717) is 12.1 Å². The number of likely N-dealkylation sites (tertiary alicyclic amines) is 1. The highest BCUT2D eigenvalue weighted by Gasteiger charge is 2.21. The number of nitrogens with zero attached hydrogens (tertiary/aromatic N) is 2. The maximum atomic E-state index is 11.1. The number of guanidine groups is 1. The van der Waals surface area contributed by atoms with Gasteiger partial charge >= 0.3 is 0 Å². The molecule has 0 atom stereocenters. The number of nitrogens with one attached hydrogen (secondary N) is 3. The van der Waals surface area contributed by atoms with E-state index in [1.54, 1.807) is 0 Å². The molecule has 1 amide bonds. The maximum absolute atomic E-state index is 11.1. The highest BCUT2D eigenvalue weighted by Crippen LogP contribution is 2.13. The first-order valence-corrected chi connectivity index (χ1v) is 10.1. The molecule has 1 aliphatic heterocycles. The van der Waals surface area contributed by atoms with Crippen LogP contribution >= 0.6 is 0 Å². The zero-order chi connectivity index (χ0) is 19.6. The van der Waals surface area contributed by atoms with Crippen LogP contribution in [0.15, 0.2) is 29.3 Å². The van der Waals surface area contributed by atoms with E-state index in [9.17, 15) is 4.79 Å². The molecule has 0 aliphatic carbocycles. The lowest BCUT2D eigenvalue weighted by molar-refractivity contribution is -0.114. The first-order valence-electron chi connectivity index (χ1n) is 10.1. The Morgan fingerprint density at radius 2 is 1.89 bits per heavy atom. The molecule has 1 aromatic rings. The molecule has 6 heteroatoms. The molecule has 1 saturated heterocycles. The van der Waals surface area contributed by atoms with E-state index >= 15 is 0 Å². The fourth-order valence-electron chi connectivity index (χ4n) is 3.33. The summed E-state index contributed by atoms with van der Waals surface area (Å²) >= 11 is 0. The van der Waals surface area contributed by atoms with Gasteiger partial charge in [0.05, 0.1) is 0 Å². The van der Waals surface area contributed by atoms with Gasteiger partial charge in [-0.25, -0.2) is 0 Å². The van der Waals surface area contributed by atoms with Crippen LogP contribution in [0.1, 0.15) is 46.1 Å². The van der Waals surface area contributed by atoms with Crippen LogP contribution in [-0.4, -0.2) is 55.0 Å². The summed E-state index contributed by atoms with van der Waals surface area (Å²) in [4.78, 5) is 18.3. The molecule has 3 N–H and O–H groups in total. The van der Waals surface area contributed by atoms with Gasteiger partial charge in [0.15, 0.2) is 5.96 Å². The van der Waals surface area contributed by atoms with Crippen molar-refractivity contribution in [3.05, 3.63) is 29.8 Å². The van der Waals surface area contributed by atoms with Crippen molar-refractivity contribution < 1.29 is 4.79 Å². The highest BCUT2D eigenvalue weighted by molar-refractivity contribution is 5.88. The molecule has 0 saturated carbocycles. The quantitative estimate of drug-likeness (QED) is 0.508. The summed E-state index contributed by atoms with van der Waals surface area (Å²) in [7, 11) is 0. The zero-order valence-electron chi connectivity index (χ0n) is 17.2. The van der Waals surface area contributed by atoms with Crippen molar-refractivity contribution in [2.24, 2.45) is 4.99 Å². The molecular formula is C21H35N5O. The predicted octanol–water partition coefficient (Wildman–Crippen LogP) is 2.62. The summed E-state index contributed by atoms with van der Waals surface area (Å²) in [5.41, 5.74) is 2.05. The molecule has 150 valence electrons. The van der Waals surface area contributed by atoms with Crippen molar-refractivity contribution >= 4 is 17.6 Å². The second kappa shape index (κ2) is 10.9. The van der Waals surface area contributed by atoms with Crippen molar-refractivity contribution in [2.75, 3.05) is 31.5 Å². The van der Waals surface area contributed by atoms with Crippen LogP contribution < -0.4 is 16.0 Å². The van der Waals surface area contributed by atoms with E-state index < -0.39 is 0 Å². The predicted molar refractivity (Wildman–Crippen MR) is 113 cm³/mol. The second-order valence-electron chi connectivity index (χ2n) is 7.44. The van der Waals surface area contributed by atoms with Gasteiger partial charge in [-0.1, -0.05) is 12.1 Å². The summed E-state index contributed by atoms with van der Waals surface area (Å²) in [6.07, 6.45) is 3.20. The standard InChI is InChI=1S/C21H35N5O/c1-5-22-21(25-20-11-14-26(15-12-20)16(2)3)23-13-10-18-6-8-19(9-7-18)24-17(4)27/h6-9,16,20H,5,10-15H2,1-4H3,(H,24,27)(H2,22,23,25). The first-order chi connectivity index (χ1) is 13.0. The van der Waals surface area contributed by atoms with E-state index in [0.717, 1.165) is 57.1 Å². The Balaban J connectivity index is 1.82. The molecule has 27 heavy (non-hydrogen) atoms. The molecule has 1 aromatic carbocycles. The van der Waals surface area contributed by atoms with Crippen molar-refractivity contribution in [3.8, 4) is 0 Å². The highest BCUT2D eigenvalue weighted by atomic mass is 16.1. The Morgan fingerprint density at radius 3 is 2.44 bits per heavy atom. The molecule has 0 aromatic heterocycles. The van der Waals surface area contributed by atoms with E-state index in [1.165, 1.54) is 12.5 Å². The third kappa shape index (κ3) is 7.59. The van der Waals surface area contributed by atoms with Crippen molar-refractivity contribution in [1.29, 1.82) is 0 Å². The van der Waals surface area contributed by atoms with E-state index in [1.807, 2.05) is 24.3 Å². The van der Waals surface area contributed by atoms with Gasteiger partial charge in [0.1, 0.15) is 0 Å². The van der Waals surface area contributed by atoms with E-state index in [4.69, 9.17) is 4.99 Å². The summed E-state index contributed by atoms with van der Waals surface area (Å²) < 4.78 is 0. The number of piperidine rings is 1. The summed E-state index contributed by atoms with van der Waals surface area (Å²) in [5.74, 6) is 0.864. The van der Waals surface area contributed by atoms with Gasteiger partial charge in [0.2, 0.25) is 5.91 Å². The van der Waals surface area contributed by atoms with E-state index in [-0.39, 0.29) is 5.91 Å². The van der Waals surface area contributed by atoms with Crippen molar-refractivity contribution in [1.82, 2.24) is 15.5 Å². The molecule has 1 fully saturated rings. The summed E-state index contributed by atoms with van der Waals surface area (Å²) in [6, 6.07) is 9.09. The lowest BCUT2D eigenvalue weighted by atomic mass is 10.0. The number of hydrogen-bond acceptors (Lipinski definition) is 3.